The van der Waals surface area contributed by atoms with E-state index in [4.69, 9.17) is 9.47 Å². The van der Waals surface area contributed by atoms with Gasteiger partial charge in [-0.15, -0.1) is 0 Å². The van der Waals surface area contributed by atoms with Crippen molar-refractivity contribution >= 4 is 27.5 Å². The molecule has 144 valence electrons. The fourth-order valence-corrected chi connectivity index (χ4v) is 3.62. The van der Waals surface area contributed by atoms with Gasteiger partial charge in [-0.25, -0.2) is 0 Å². The Kier molecular flexibility index (Phi) is 6.74. The van der Waals surface area contributed by atoms with Crippen LogP contribution in [0.4, 0.5) is 5.69 Å². The lowest BCUT2D eigenvalue weighted by atomic mass is 9.95. The fourth-order valence-electron chi connectivity index (χ4n) is 3.36. The number of hydrogen-bond donors (Lipinski definition) is 1. The molecular weight excluding hydrogens is 408 g/mol. The first kappa shape index (κ1) is 19.7. The first-order chi connectivity index (χ1) is 13.1. The predicted molar refractivity (Wildman–Crippen MR) is 110 cm³/mol. The molecule has 1 saturated heterocycles. The number of rotatable bonds is 6. The number of likely N-dealkylation sites (tertiary alicyclic amines) is 1. The Morgan fingerprint density at radius 3 is 2.37 bits per heavy atom. The Hall–Kier alpha value is -2.05. The summed E-state index contributed by atoms with van der Waals surface area (Å²) in [4.78, 5) is 15.0. The van der Waals surface area contributed by atoms with Crippen molar-refractivity contribution in [2.45, 2.75) is 19.4 Å². The SMILES string of the molecule is COc1ccc(NC(=O)C2CCN(Cc3ccc(Br)cc3)CC2)cc1OC. The molecule has 0 aliphatic carbocycles. The lowest BCUT2D eigenvalue weighted by Crippen LogP contribution is -2.37. The number of halogens is 1. The van der Waals surface area contributed by atoms with Crippen molar-refractivity contribution in [3.8, 4) is 11.5 Å². The van der Waals surface area contributed by atoms with Crippen LogP contribution in [0.2, 0.25) is 0 Å². The predicted octanol–water partition coefficient (Wildman–Crippen LogP) is 4.32. The zero-order valence-corrected chi connectivity index (χ0v) is 17.3. The van der Waals surface area contributed by atoms with Crippen molar-refractivity contribution < 1.29 is 14.3 Å². The van der Waals surface area contributed by atoms with Crippen LogP contribution in [0.15, 0.2) is 46.9 Å². The molecule has 0 radical (unpaired) electrons. The summed E-state index contributed by atoms with van der Waals surface area (Å²) in [6.07, 6.45) is 1.74. The summed E-state index contributed by atoms with van der Waals surface area (Å²) >= 11 is 3.47. The van der Waals surface area contributed by atoms with E-state index in [1.54, 1.807) is 26.4 Å². The Balaban J connectivity index is 1.51. The molecule has 1 amide bonds. The highest BCUT2D eigenvalue weighted by Crippen LogP contribution is 2.30. The number of nitrogens with one attached hydrogen (secondary N) is 1. The molecule has 0 unspecified atom stereocenters. The van der Waals surface area contributed by atoms with Crippen molar-refractivity contribution in [2.75, 3.05) is 32.6 Å². The number of nitrogens with zero attached hydrogens (tertiary/aromatic N) is 1. The third-order valence-electron chi connectivity index (χ3n) is 4.93. The first-order valence-electron chi connectivity index (χ1n) is 9.08. The summed E-state index contributed by atoms with van der Waals surface area (Å²) in [6.45, 7) is 2.79. The number of amides is 1. The molecule has 5 nitrogen and oxygen atoms in total. The maximum absolute atomic E-state index is 12.6. The van der Waals surface area contributed by atoms with E-state index in [1.165, 1.54) is 5.56 Å². The monoisotopic (exact) mass is 432 g/mol. The third kappa shape index (κ3) is 5.23. The van der Waals surface area contributed by atoms with Crippen LogP contribution >= 0.6 is 15.9 Å². The largest absolute Gasteiger partial charge is 0.493 e. The van der Waals surface area contributed by atoms with Crippen molar-refractivity contribution in [3.63, 3.8) is 0 Å². The summed E-state index contributed by atoms with van der Waals surface area (Å²) in [6, 6.07) is 13.8. The van der Waals surface area contributed by atoms with Gasteiger partial charge in [-0.05, 0) is 55.8 Å². The molecule has 2 aromatic rings. The van der Waals surface area contributed by atoms with E-state index in [-0.39, 0.29) is 11.8 Å². The van der Waals surface area contributed by atoms with Crippen LogP contribution in [0.1, 0.15) is 18.4 Å². The zero-order valence-electron chi connectivity index (χ0n) is 15.7. The van der Waals surface area contributed by atoms with Gasteiger partial charge in [-0.1, -0.05) is 28.1 Å². The van der Waals surface area contributed by atoms with E-state index in [1.807, 2.05) is 6.07 Å². The minimum absolute atomic E-state index is 0.0410. The number of benzene rings is 2. The van der Waals surface area contributed by atoms with E-state index in [2.05, 4.69) is 50.4 Å². The topological polar surface area (TPSA) is 50.8 Å². The first-order valence-corrected chi connectivity index (χ1v) is 9.88. The van der Waals surface area contributed by atoms with Crippen molar-refractivity contribution in [2.24, 2.45) is 5.92 Å². The number of hydrogen-bond acceptors (Lipinski definition) is 4. The van der Waals surface area contributed by atoms with E-state index >= 15 is 0 Å². The molecule has 2 aromatic carbocycles. The maximum atomic E-state index is 12.6. The van der Waals surface area contributed by atoms with Crippen LogP contribution in [0.25, 0.3) is 0 Å². The van der Waals surface area contributed by atoms with Crippen molar-refractivity contribution in [1.29, 1.82) is 0 Å². The van der Waals surface area contributed by atoms with E-state index in [9.17, 15) is 4.79 Å². The number of ether oxygens (including phenoxy) is 2. The van der Waals surface area contributed by atoms with Crippen LogP contribution in [-0.2, 0) is 11.3 Å². The number of carbonyl (C=O) groups excluding carboxylic acids is 1. The van der Waals surface area contributed by atoms with Gasteiger partial charge in [0.05, 0.1) is 14.2 Å². The minimum Gasteiger partial charge on any atom is -0.493 e. The highest BCUT2D eigenvalue weighted by molar-refractivity contribution is 9.10. The van der Waals surface area contributed by atoms with Crippen LogP contribution in [0.3, 0.4) is 0 Å². The highest BCUT2D eigenvalue weighted by atomic mass is 79.9. The fraction of sp³-hybridized carbons (Fsp3) is 0.381. The maximum Gasteiger partial charge on any atom is 0.227 e. The molecule has 0 atom stereocenters. The second kappa shape index (κ2) is 9.24. The quantitative estimate of drug-likeness (QED) is 0.738. The molecule has 1 fully saturated rings. The molecule has 0 spiro atoms. The van der Waals surface area contributed by atoms with Gasteiger partial charge in [0.2, 0.25) is 5.91 Å². The minimum atomic E-state index is 0.0410. The second-order valence-corrected chi connectivity index (χ2v) is 7.65. The summed E-state index contributed by atoms with van der Waals surface area (Å²) in [5, 5.41) is 3.01. The van der Waals surface area contributed by atoms with Gasteiger partial charge < -0.3 is 14.8 Å². The Bertz CT molecular complexity index is 771. The average Bonchev–Trinajstić information content (AvgIpc) is 2.70. The molecule has 1 heterocycles. The van der Waals surface area contributed by atoms with Crippen molar-refractivity contribution in [1.82, 2.24) is 4.90 Å². The number of piperidine rings is 1. The normalized spacial score (nSPS) is 15.4. The molecular formula is C21H25BrN2O3. The lowest BCUT2D eigenvalue weighted by Gasteiger charge is -2.31. The summed E-state index contributed by atoms with van der Waals surface area (Å²) < 4.78 is 11.6. The molecule has 1 N–H and O–H groups in total. The number of carbonyl (C=O) groups is 1. The van der Waals surface area contributed by atoms with Crippen LogP contribution < -0.4 is 14.8 Å². The van der Waals surface area contributed by atoms with Crippen LogP contribution in [0, 0.1) is 5.92 Å². The number of anilines is 1. The molecule has 6 heteroatoms. The smallest absolute Gasteiger partial charge is 0.227 e. The van der Waals surface area contributed by atoms with Gasteiger partial charge in [0, 0.05) is 28.7 Å². The molecule has 0 bridgehead atoms. The molecule has 0 aromatic heterocycles. The Labute approximate surface area is 168 Å². The molecule has 3 rings (SSSR count). The Morgan fingerprint density at radius 2 is 1.74 bits per heavy atom. The van der Waals surface area contributed by atoms with E-state index < -0.39 is 0 Å². The summed E-state index contributed by atoms with van der Waals surface area (Å²) in [7, 11) is 3.18. The third-order valence-corrected chi connectivity index (χ3v) is 5.46. The molecule has 27 heavy (non-hydrogen) atoms. The van der Waals surface area contributed by atoms with Gasteiger partial charge in [0.1, 0.15) is 0 Å². The summed E-state index contributed by atoms with van der Waals surface area (Å²) in [5.74, 6) is 1.38. The van der Waals surface area contributed by atoms with Crippen LogP contribution in [0.5, 0.6) is 11.5 Å². The summed E-state index contributed by atoms with van der Waals surface area (Å²) in [5.41, 5.74) is 2.03. The van der Waals surface area contributed by atoms with E-state index in [0.29, 0.717) is 11.5 Å². The van der Waals surface area contributed by atoms with Gasteiger partial charge in [-0.2, -0.15) is 0 Å². The van der Waals surface area contributed by atoms with Gasteiger partial charge in [0.15, 0.2) is 11.5 Å². The van der Waals surface area contributed by atoms with E-state index in [0.717, 1.165) is 42.6 Å². The molecule has 1 aliphatic rings. The van der Waals surface area contributed by atoms with Gasteiger partial charge in [-0.3, -0.25) is 9.69 Å². The van der Waals surface area contributed by atoms with Crippen LogP contribution in [-0.4, -0.2) is 38.1 Å². The number of methoxy groups -OCH3 is 2. The van der Waals surface area contributed by atoms with Gasteiger partial charge in [0.25, 0.3) is 0 Å². The molecule has 1 aliphatic heterocycles. The lowest BCUT2D eigenvalue weighted by molar-refractivity contribution is -0.121. The molecule has 0 saturated carbocycles. The average molecular weight is 433 g/mol. The highest BCUT2D eigenvalue weighted by Gasteiger charge is 2.25. The van der Waals surface area contributed by atoms with Gasteiger partial charge >= 0.3 is 0 Å². The second-order valence-electron chi connectivity index (χ2n) is 6.74. The zero-order chi connectivity index (χ0) is 19.2. The Morgan fingerprint density at radius 1 is 1.07 bits per heavy atom. The van der Waals surface area contributed by atoms with Crippen molar-refractivity contribution in [3.05, 3.63) is 52.5 Å². The standard InChI is InChI=1S/C21H25BrN2O3/c1-26-19-8-7-18(13-20(19)27-2)23-21(25)16-9-11-24(12-10-16)14-15-3-5-17(22)6-4-15/h3-8,13,16H,9-12,14H2,1-2H3,(H,23,25).